The van der Waals surface area contributed by atoms with Crippen LogP contribution in [0.2, 0.25) is 0 Å². The Morgan fingerprint density at radius 1 is 1.44 bits per heavy atom. The Hall–Kier alpha value is -0.970. The average molecular weight is 267 g/mol. The number of aryl methyl sites for hydroxylation is 1. The van der Waals surface area contributed by atoms with Crippen molar-refractivity contribution < 1.29 is 4.74 Å². The molecular weight excluding hydrogens is 246 g/mol. The lowest BCUT2D eigenvalue weighted by Crippen LogP contribution is -2.40. The van der Waals surface area contributed by atoms with E-state index in [1.54, 1.807) is 0 Å². The van der Waals surface area contributed by atoms with Crippen molar-refractivity contribution in [2.24, 2.45) is 0 Å². The number of nitrogens with one attached hydrogen (secondary N) is 1. The molecule has 1 aliphatic rings. The summed E-state index contributed by atoms with van der Waals surface area (Å²) in [6.07, 6.45) is 6.08. The largest absolute Gasteiger partial charge is 0.478 e. The molecule has 4 nitrogen and oxygen atoms in total. The minimum atomic E-state index is 0.388. The van der Waals surface area contributed by atoms with Gasteiger partial charge in [0, 0.05) is 23.1 Å². The van der Waals surface area contributed by atoms with E-state index < -0.39 is 0 Å². The number of anilines is 1. The van der Waals surface area contributed by atoms with Crippen molar-refractivity contribution in [3.8, 4) is 5.88 Å². The molecule has 18 heavy (non-hydrogen) atoms. The van der Waals surface area contributed by atoms with Crippen LogP contribution in [0.25, 0.3) is 0 Å². The van der Waals surface area contributed by atoms with Crippen LogP contribution in [-0.4, -0.2) is 34.1 Å². The Balaban J connectivity index is 2.00. The molecule has 1 saturated carbocycles. The van der Waals surface area contributed by atoms with E-state index in [1.165, 1.54) is 19.3 Å². The number of nitrogens with zero attached hydrogens (tertiary/aromatic N) is 2. The Morgan fingerprint density at radius 2 is 2.22 bits per heavy atom. The van der Waals surface area contributed by atoms with Gasteiger partial charge in [-0.15, -0.1) is 0 Å². The molecular formula is C13H21N3OS. The van der Waals surface area contributed by atoms with Gasteiger partial charge in [-0.05, 0) is 32.9 Å². The fraction of sp³-hybridized carbons (Fsp3) is 0.692. The molecule has 0 spiro atoms. The Kier molecular flexibility index (Phi) is 4.32. The second-order valence-electron chi connectivity index (χ2n) is 4.70. The summed E-state index contributed by atoms with van der Waals surface area (Å²) in [5, 5.41) is 3.35. The van der Waals surface area contributed by atoms with Crippen LogP contribution in [0, 0.1) is 6.92 Å². The highest BCUT2D eigenvalue weighted by Gasteiger charge is 2.35. The fourth-order valence-corrected chi connectivity index (χ4v) is 3.02. The van der Waals surface area contributed by atoms with E-state index in [0.717, 1.165) is 12.2 Å². The van der Waals surface area contributed by atoms with E-state index in [0.29, 0.717) is 23.2 Å². The van der Waals surface area contributed by atoms with E-state index in [-0.39, 0.29) is 0 Å². The van der Waals surface area contributed by atoms with Crippen molar-refractivity contribution >= 4 is 17.7 Å². The zero-order chi connectivity index (χ0) is 13.0. The van der Waals surface area contributed by atoms with Gasteiger partial charge in [-0.3, -0.25) is 0 Å². The lowest BCUT2D eigenvalue weighted by atomic mass is 9.84. The van der Waals surface area contributed by atoms with E-state index in [2.05, 4.69) is 21.5 Å². The molecule has 1 fully saturated rings. The van der Waals surface area contributed by atoms with Crippen molar-refractivity contribution in [3.63, 3.8) is 0 Å². The maximum absolute atomic E-state index is 5.43. The number of ether oxygens (including phenoxy) is 1. The Labute approximate surface area is 113 Å². The first-order chi connectivity index (χ1) is 8.67. The molecule has 1 aromatic heterocycles. The molecule has 5 heteroatoms. The van der Waals surface area contributed by atoms with Crippen molar-refractivity contribution in [3.05, 3.63) is 11.8 Å². The second kappa shape index (κ2) is 5.78. The first-order valence-electron chi connectivity index (χ1n) is 6.45. The van der Waals surface area contributed by atoms with Gasteiger partial charge in [0.05, 0.1) is 6.61 Å². The quantitative estimate of drug-likeness (QED) is 0.858. The van der Waals surface area contributed by atoms with Gasteiger partial charge in [0.2, 0.25) is 11.8 Å². The highest BCUT2D eigenvalue weighted by Crippen LogP contribution is 2.42. The van der Waals surface area contributed by atoms with Crippen LogP contribution in [0.15, 0.2) is 6.07 Å². The van der Waals surface area contributed by atoms with E-state index >= 15 is 0 Å². The third-order valence-electron chi connectivity index (χ3n) is 3.39. The topological polar surface area (TPSA) is 47.0 Å². The van der Waals surface area contributed by atoms with Crippen LogP contribution in [-0.2, 0) is 0 Å². The summed E-state index contributed by atoms with van der Waals surface area (Å²) < 4.78 is 5.82. The number of aromatic nitrogens is 2. The summed E-state index contributed by atoms with van der Waals surface area (Å²) in [4.78, 5) is 8.77. The smallest absolute Gasteiger partial charge is 0.226 e. The summed E-state index contributed by atoms with van der Waals surface area (Å²) in [5.41, 5.74) is 0.933. The van der Waals surface area contributed by atoms with Gasteiger partial charge in [0.15, 0.2) is 0 Å². The lowest BCUT2D eigenvalue weighted by Gasteiger charge is -2.40. The molecule has 0 aliphatic heterocycles. The number of rotatable bonds is 6. The Bertz CT molecular complexity index is 402. The van der Waals surface area contributed by atoms with Gasteiger partial charge in [-0.25, -0.2) is 4.98 Å². The van der Waals surface area contributed by atoms with Gasteiger partial charge in [-0.2, -0.15) is 16.7 Å². The molecule has 1 N–H and O–H groups in total. The molecule has 1 aromatic rings. The molecule has 0 bridgehead atoms. The molecule has 0 atom stereocenters. The van der Waals surface area contributed by atoms with Crippen LogP contribution in [0.5, 0.6) is 5.88 Å². The summed E-state index contributed by atoms with van der Waals surface area (Å²) >= 11 is 1.95. The van der Waals surface area contributed by atoms with Crippen molar-refractivity contribution in [1.82, 2.24) is 9.97 Å². The zero-order valence-electron chi connectivity index (χ0n) is 11.3. The third kappa shape index (κ3) is 3.07. The predicted octanol–water partition coefficient (Wildman–Crippen LogP) is 2.88. The number of hydrogen-bond acceptors (Lipinski definition) is 5. The normalized spacial score (nSPS) is 17.1. The number of thioether (sulfide) groups is 1. The van der Waals surface area contributed by atoms with Crippen molar-refractivity contribution in [2.75, 3.05) is 24.7 Å². The van der Waals surface area contributed by atoms with Crippen LogP contribution in [0.4, 0.5) is 5.95 Å². The predicted molar refractivity (Wildman–Crippen MR) is 76.5 cm³/mol. The van der Waals surface area contributed by atoms with Gasteiger partial charge in [0.25, 0.3) is 0 Å². The fourth-order valence-electron chi connectivity index (χ4n) is 2.10. The highest BCUT2D eigenvalue weighted by atomic mass is 32.2. The summed E-state index contributed by atoms with van der Waals surface area (Å²) in [7, 11) is 0. The van der Waals surface area contributed by atoms with E-state index in [4.69, 9.17) is 4.74 Å². The summed E-state index contributed by atoms with van der Waals surface area (Å²) in [6.45, 7) is 5.48. The molecule has 1 heterocycles. The maximum atomic E-state index is 5.43. The second-order valence-corrected chi connectivity index (χ2v) is 5.97. The zero-order valence-corrected chi connectivity index (χ0v) is 12.1. The Morgan fingerprint density at radius 3 is 2.78 bits per heavy atom. The third-order valence-corrected chi connectivity index (χ3v) is 4.81. The molecule has 1 aliphatic carbocycles. The summed E-state index contributed by atoms with van der Waals surface area (Å²) in [6, 6.07) is 1.86. The molecule has 0 unspecified atom stereocenters. The van der Waals surface area contributed by atoms with Gasteiger partial charge < -0.3 is 10.1 Å². The first-order valence-corrected chi connectivity index (χ1v) is 7.67. The monoisotopic (exact) mass is 267 g/mol. The van der Waals surface area contributed by atoms with Crippen LogP contribution in [0.3, 0.4) is 0 Å². The van der Waals surface area contributed by atoms with Crippen molar-refractivity contribution in [1.29, 1.82) is 0 Å². The van der Waals surface area contributed by atoms with Crippen LogP contribution in [0.1, 0.15) is 31.9 Å². The SMILES string of the molecule is CCOc1cc(C)nc(NCC2(SC)CCC2)n1. The van der Waals surface area contributed by atoms with Gasteiger partial charge in [-0.1, -0.05) is 6.42 Å². The molecule has 0 saturated heterocycles. The van der Waals surface area contributed by atoms with Gasteiger partial charge >= 0.3 is 0 Å². The molecule has 2 rings (SSSR count). The molecule has 0 aromatic carbocycles. The van der Waals surface area contributed by atoms with Gasteiger partial charge in [0.1, 0.15) is 0 Å². The molecule has 0 amide bonds. The summed E-state index contributed by atoms with van der Waals surface area (Å²) in [5.74, 6) is 1.33. The lowest BCUT2D eigenvalue weighted by molar-refractivity contribution is 0.326. The minimum Gasteiger partial charge on any atom is -0.478 e. The average Bonchev–Trinajstić information content (AvgIpc) is 2.28. The first kappa shape index (κ1) is 13.5. The number of hydrogen-bond donors (Lipinski definition) is 1. The highest BCUT2D eigenvalue weighted by molar-refractivity contribution is 8.00. The molecule has 0 radical (unpaired) electrons. The van der Waals surface area contributed by atoms with Crippen molar-refractivity contribution in [2.45, 2.75) is 37.9 Å². The van der Waals surface area contributed by atoms with Crippen LogP contribution >= 0.6 is 11.8 Å². The maximum Gasteiger partial charge on any atom is 0.226 e. The minimum absolute atomic E-state index is 0.388. The van der Waals surface area contributed by atoms with E-state index in [9.17, 15) is 0 Å². The standard InChI is InChI=1S/C13H21N3OS/c1-4-17-11-8-10(2)15-12(16-11)14-9-13(18-3)6-5-7-13/h8H,4-7,9H2,1-3H3,(H,14,15,16). The molecule has 100 valence electrons. The van der Waals surface area contributed by atoms with Crippen LogP contribution < -0.4 is 10.1 Å². The van der Waals surface area contributed by atoms with E-state index in [1.807, 2.05) is 31.7 Å².